The van der Waals surface area contributed by atoms with Gasteiger partial charge in [0.1, 0.15) is 19.3 Å². The Kier molecular flexibility index (Phi) is 16.3. The van der Waals surface area contributed by atoms with Gasteiger partial charge in [-0.15, -0.1) is 0 Å². The number of ether oxygens (including phenoxy) is 4. The van der Waals surface area contributed by atoms with Gasteiger partial charge in [-0.2, -0.15) is 9.97 Å². The fourth-order valence-corrected chi connectivity index (χ4v) is 4.93. The Morgan fingerprint density at radius 3 is 1.49 bits per heavy atom. The monoisotopic (exact) mass is 692 g/mol. The third kappa shape index (κ3) is 14.1. The summed E-state index contributed by atoms with van der Waals surface area (Å²) in [5.74, 6) is 2.03. The molecule has 0 atom stereocenters. The summed E-state index contributed by atoms with van der Waals surface area (Å²) in [6.45, 7) is 3.91. The minimum atomic E-state index is -0.124. The van der Waals surface area contributed by atoms with Gasteiger partial charge >= 0.3 is 35.6 Å². The van der Waals surface area contributed by atoms with Crippen LogP contribution in [0.4, 0.5) is 0 Å². The average Bonchev–Trinajstić information content (AvgIpc) is 3.10. The normalized spacial score (nSPS) is 18.8. The van der Waals surface area contributed by atoms with Crippen LogP contribution < -0.4 is 43.8 Å². The van der Waals surface area contributed by atoms with Crippen LogP contribution >= 0.6 is 11.6 Å². The number of hydrogen-bond acceptors (Lipinski definition) is 9. The van der Waals surface area contributed by atoms with Crippen LogP contribution in [0.3, 0.4) is 0 Å². The van der Waals surface area contributed by atoms with Gasteiger partial charge in [-0.1, -0.05) is 97.9 Å². The first-order chi connectivity index (χ1) is 23.5. The molecule has 2 heterocycles. The molecular weight excluding hydrogens is 651 g/mol. The molecule has 2 aliphatic carbocycles. The molecule has 0 bridgehead atoms. The summed E-state index contributed by atoms with van der Waals surface area (Å²) in [6, 6.07) is 30.5. The predicted molar refractivity (Wildman–Crippen MR) is 185 cm³/mol. The van der Waals surface area contributed by atoms with Gasteiger partial charge in [-0.25, -0.2) is 9.97 Å². The quantitative estimate of drug-likeness (QED) is 0.155. The standard InChI is InChI=1S/C16H18N2O2.C11H9ClN2O.C11H14O2.Na.H/c1-12-7-14(8-12)20-16-17-9-15(10-18-16)19-11-13-5-3-2-4-6-13;12-11-13-6-10(7-14-11)15-8-9-4-2-1-3-5-9;12-10-6-11(7-10)13-8-9-4-2-1-3-5-9;;/h2-6,9-10,12,14H,7-8,11H2,1H3;1-7H,8H2;1-5,10-12H,6-8H2;;/q;;;+1;-1. The number of nitrogens with zero attached hydrogens (tertiary/aromatic N) is 4. The van der Waals surface area contributed by atoms with Crippen molar-refractivity contribution in [1.82, 2.24) is 19.9 Å². The van der Waals surface area contributed by atoms with Gasteiger partial charge in [-0.3, -0.25) is 0 Å². The molecule has 2 aliphatic rings. The first kappa shape index (κ1) is 38.2. The molecule has 11 heteroatoms. The molecule has 252 valence electrons. The van der Waals surface area contributed by atoms with Crippen LogP contribution in [0.5, 0.6) is 17.5 Å². The maximum Gasteiger partial charge on any atom is 1.00 e. The van der Waals surface area contributed by atoms with Crippen LogP contribution in [0.15, 0.2) is 116 Å². The van der Waals surface area contributed by atoms with Crippen molar-refractivity contribution in [3.05, 3.63) is 138 Å². The summed E-state index contributed by atoms with van der Waals surface area (Å²) in [5.41, 5.74) is 3.42. The summed E-state index contributed by atoms with van der Waals surface area (Å²) in [4.78, 5) is 16.0. The van der Waals surface area contributed by atoms with Crippen molar-refractivity contribution in [2.75, 3.05) is 0 Å². The van der Waals surface area contributed by atoms with Crippen molar-refractivity contribution in [3.63, 3.8) is 0 Å². The van der Waals surface area contributed by atoms with Crippen molar-refractivity contribution < 1.29 is 55.0 Å². The second kappa shape index (κ2) is 20.8. The first-order valence-electron chi connectivity index (χ1n) is 16.1. The van der Waals surface area contributed by atoms with E-state index < -0.39 is 0 Å². The van der Waals surface area contributed by atoms with E-state index in [1.165, 1.54) is 5.56 Å². The van der Waals surface area contributed by atoms with Gasteiger partial charge in [0.2, 0.25) is 5.28 Å². The first-order valence-corrected chi connectivity index (χ1v) is 16.5. The van der Waals surface area contributed by atoms with Crippen molar-refractivity contribution in [2.45, 2.75) is 70.7 Å². The minimum absolute atomic E-state index is 0. The van der Waals surface area contributed by atoms with E-state index in [2.05, 4.69) is 39.0 Å². The van der Waals surface area contributed by atoms with E-state index in [9.17, 15) is 0 Å². The molecule has 0 aliphatic heterocycles. The van der Waals surface area contributed by atoms with Crippen LogP contribution in [0.2, 0.25) is 5.28 Å². The smallest absolute Gasteiger partial charge is 1.00 e. The number of rotatable bonds is 11. The molecule has 0 amide bonds. The van der Waals surface area contributed by atoms with Gasteiger partial charge in [0.15, 0.2) is 11.5 Å². The number of halogens is 1. The summed E-state index contributed by atoms with van der Waals surface area (Å²) in [7, 11) is 0. The molecule has 9 nitrogen and oxygen atoms in total. The Bertz CT molecular complexity index is 1600. The molecule has 0 unspecified atom stereocenters. The zero-order valence-electron chi connectivity index (χ0n) is 29.0. The van der Waals surface area contributed by atoms with Gasteiger partial charge < -0.3 is 25.5 Å². The van der Waals surface area contributed by atoms with E-state index in [4.69, 9.17) is 35.7 Å². The Hall–Kier alpha value is -3.57. The zero-order valence-corrected chi connectivity index (χ0v) is 30.7. The van der Waals surface area contributed by atoms with Gasteiger partial charge in [0.25, 0.3) is 0 Å². The third-order valence-electron chi connectivity index (χ3n) is 7.70. The molecule has 49 heavy (non-hydrogen) atoms. The van der Waals surface area contributed by atoms with Crippen LogP contribution in [0.1, 0.15) is 50.7 Å². The molecule has 2 aromatic heterocycles. The molecule has 2 fully saturated rings. The van der Waals surface area contributed by atoms with Crippen molar-refractivity contribution in [2.24, 2.45) is 5.92 Å². The van der Waals surface area contributed by atoms with Gasteiger partial charge in [-0.05, 0) is 59.9 Å². The molecule has 2 saturated carbocycles. The van der Waals surface area contributed by atoms with E-state index >= 15 is 0 Å². The zero-order chi connectivity index (χ0) is 33.4. The largest absolute Gasteiger partial charge is 1.00 e. The fraction of sp³-hybridized carbons (Fsp3) is 0.316. The van der Waals surface area contributed by atoms with Gasteiger partial charge in [0.05, 0.1) is 43.6 Å². The summed E-state index contributed by atoms with van der Waals surface area (Å²) in [5, 5.41) is 9.26. The Morgan fingerprint density at radius 1 is 0.633 bits per heavy atom. The Labute approximate surface area is 316 Å². The maximum absolute atomic E-state index is 9.04. The molecule has 0 radical (unpaired) electrons. The minimum Gasteiger partial charge on any atom is -1.00 e. The third-order valence-corrected chi connectivity index (χ3v) is 7.89. The summed E-state index contributed by atoms with van der Waals surface area (Å²) in [6.07, 6.45) is 10.6. The van der Waals surface area contributed by atoms with Crippen molar-refractivity contribution >= 4 is 11.6 Å². The fourth-order valence-electron chi connectivity index (χ4n) is 4.83. The van der Waals surface area contributed by atoms with Crippen LogP contribution in [-0.4, -0.2) is 43.4 Å². The Balaban J connectivity index is 0.000000204. The summed E-state index contributed by atoms with van der Waals surface area (Å²) < 4.78 is 22.3. The number of aromatic nitrogens is 4. The molecule has 5 aromatic rings. The second-order valence-electron chi connectivity index (χ2n) is 11.8. The number of benzene rings is 3. The molecule has 3 aromatic carbocycles. The van der Waals surface area contributed by atoms with E-state index in [-0.39, 0.29) is 54.6 Å². The second-order valence-corrected chi connectivity index (χ2v) is 12.1. The van der Waals surface area contributed by atoms with Gasteiger partial charge in [0, 0.05) is 0 Å². The average molecular weight is 693 g/mol. The predicted octanol–water partition coefficient (Wildman–Crippen LogP) is 4.78. The van der Waals surface area contributed by atoms with E-state index in [0.29, 0.717) is 37.3 Å². The molecule has 0 spiro atoms. The topological polar surface area (TPSA) is 109 Å². The molecule has 7 rings (SSSR count). The van der Waals surface area contributed by atoms with Crippen LogP contribution in [-0.2, 0) is 24.6 Å². The molecule has 1 N–H and O–H groups in total. The SMILES string of the molecule is CC1CC(Oc2ncc(OCc3ccccc3)cn2)C1.Clc1ncc(OCc2ccccc2)cn1.OC1CC(OCc2ccccc2)C1.[H-].[Na+]. The van der Waals surface area contributed by atoms with E-state index in [1.54, 1.807) is 24.8 Å². The maximum atomic E-state index is 9.04. The summed E-state index contributed by atoms with van der Waals surface area (Å²) >= 11 is 5.55. The van der Waals surface area contributed by atoms with E-state index in [1.807, 2.05) is 78.9 Å². The van der Waals surface area contributed by atoms with E-state index in [0.717, 1.165) is 42.7 Å². The van der Waals surface area contributed by atoms with Crippen molar-refractivity contribution in [3.8, 4) is 17.5 Å². The number of aliphatic hydroxyl groups excluding tert-OH is 1. The van der Waals surface area contributed by atoms with Crippen molar-refractivity contribution in [1.29, 1.82) is 0 Å². The number of aliphatic hydroxyl groups is 1. The number of hydrogen-bond donors (Lipinski definition) is 1. The van der Waals surface area contributed by atoms with Crippen LogP contribution in [0.25, 0.3) is 0 Å². The molecular formula is C38H42ClN4NaO5. The molecule has 0 saturated heterocycles. The van der Waals surface area contributed by atoms with Crippen LogP contribution in [0, 0.1) is 5.92 Å². The Morgan fingerprint density at radius 2 is 1.06 bits per heavy atom.